The van der Waals surface area contributed by atoms with Crippen molar-refractivity contribution in [2.24, 2.45) is 0 Å². The molecule has 2 aromatic carbocycles. The number of piperidine rings is 1. The van der Waals surface area contributed by atoms with E-state index in [9.17, 15) is 13.7 Å². The van der Waals surface area contributed by atoms with E-state index < -0.39 is 31.3 Å². The van der Waals surface area contributed by atoms with Gasteiger partial charge >= 0.3 is 0 Å². The molecule has 0 saturated carbocycles. The van der Waals surface area contributed by atoms with E-state index in [0.29, 0.717) is 11.7 Å². The van der Waals surface area contributed by atoms with Crippen molar-refractivity contribution < 1.29 is 17.6 Å². The highest BCUT2D eigenvalue weighted by molar-refractivity contribution is 7.95. The van der Waals surface area contributed by atoms with Crippen LogP contribution in [0.4, 0.5) is 5.69 Å². The Balaban J connectivity index is 1.37. The van der Waals surface area contributed by atoms with Crippen molar-refractivity contribution in [3.63, 3.8) is 0 Å². The molecule has 1 saturated heterocycles. The van der Waals surface area contributed by atoms with Crippen molar-refractivity contribution in [2.45, 2.75) is 127 Å². The van der Waals surface area contributed by atoms with Gasteiger partial charge in [0, 0.05) is 36.8 Å². The third-order valence-electron chi connectivity index (χ3n) is 11.2. The molecular formula is C35H53N3O4SSi2. The van der Waals surface area contributed by atoms with Crippen LogP contribution in [-0.4, -0.2) is 59.3 Å². The first-order chi connectivity index (χ1) is 20.8. The van der Waals surface area contributed by atoms with Gasteiger partial charge in [-0.05, 0) is 98.6 Å². The van der Waals surface area contributed by atoms with E-state index in [0.717, 1.165) is 68.5 Å². The molecule has 1 fully saturated rings. The molecule has 246 valence electrons. The average molecular weight is 668 g/mol. The largest absolute Gasteiger partial charge is 0.487 e. The lowest BCUT2D eigenvalue weighted by Crippen LogP contribution is -2.54. The number of benzene rings is 2. The second-order valence-corrected chi connectivity index (χ2v) is 29.1. The van der Waals surface area contributed by atoms with E-state index in [4.69, 9.17) is 9.16 Å². The Bertz CT molecular complexity index is 1560. The zero-order valence-corrected chi connectivity index (χ0v) is 31.6. The molecular weight excluding hydrogens is 615 g/mol. The van der Waals surface area contributed by atoms with Gasteiger partial charge in [-0.2, -0.15) is 5.26 Å². The Morgan fingerprint density at radius 3 is 2.38 bits per heavy atom. The highest BCUT2D eigenvalue weighted by Gasteiger charge is 2.48. The van der Waals surface area contributed by atoms with Crippen LogP contribution in [0.5, 0.6) is 5.75 Å². The molecule has 7 nitrogen and oxygen atoms in total. The van der Waals surface area contributed by atoms with Crippen molar-refractivity contribution >= 4 is 32.1 Å². The lowest BCUT2D eigenvalue weighted by atomic mass is 9.80. The molecule has 10 heteroatoms. The Kier molecular flexibility index (Phi) is 9.21. The number of rotatable bonds is 7. The summed E-state index contributed by atoms with van der Waals surface area (Å²) in [6, 6.07) is 14.7. The predicted octanol–water partition coefficient (Wildman–Crippen LogP) is 7.80. The molecule has 1 aliphatic carbocycles. The minimum Gasteiger partial charge on any atom is -0.487 e. The summed E-state index contributed by atoms with van der Waals surface area (Å²) in [6.07, 6.45) is 5.65. The van der Waals surface area contributed by atoms with E-state index in [1.54, 1.807) is 0 Å². The van der Waals surface area contributed by atoms with E-state index in [-0.39, 0.29) is 16.7 Å². The highest BCUT2D eigenvalue weighted by atomic mass is 32.2. The van der Waals surface area contributed by atoms with E-state index in [2.05, 4.69) is 81.3 Å². The number of nitrogens with zero attached hydrogens (tertiary/aromatic N) is 2. The fraction of sp³-hybridized carbons (Fsp3) is 0.629. The van der Waals surface area contributed by atoms with Crippen LogP contribution < -0.4 is 9.46 Å². The van der Waals surface area contributed by atoms with Gasteiger partial charge in [0.2, 0.25) is 10.0 Å². The average Bonchev–Trinajstić information content (AvgIpc) is 2.95. The van der Waals surface area contributed by atoms with E-state index >= 15 is 0 Å². The molecule has 1 spiro atoms. The number of nitrogens with one attached hydrogen (secondary N) is 1. The first-order valence-corrected chi connectivity index (χ1v) is 24.6. The van der Waals surface area contributed by atoms with Gasteiger partial charge in [0.15, 0.2) is 8.32 Å². The van der Waals surface area contributed by atoms with Crippen LogP contribution in [0.2, 0.25) is 37.8 Å². The fourth-order valence-electron chi connectivity index (χ4n) is 6.75. The fourth-order valence-corrected chi connectivity index (χ4v) is 12.6. The minimum absolute atomic E-state index is 0.0409. The van der Waals surface area contributed by atoms with Gasteiger partial charge in [-0.25, -0.2) is 8.42 Å². The summed E-state index contributed by atoms with van der Waals surface area (Å²) >= 11 is 0. The third-order valence-corrected chi connectivity index (χ3v) is 22.6. The molecule has 3 atom stereocenters. The second-order valence-electron chi connectivity index (χ2n) is 16.3. The normalized spacial score (nSPS) is 22.9. The van der Waals surface area contributed by atoms with Gasteiger partial charge < -0.3 is 9.16 Å². The van der Waals surface area contributed by atoms with Crippen molar-refractivity contribution in [2.75, 3.05) is 17.8 Å². The van der Waals surface area contributed by atoms with Crippen LogP contribution in [0.15, 0.2) is 36.4 Å². The molecule has 1 unspecified atom stereocenters. The van der Waals surface area contributed by atoms with Crippen LogP contribution in [-0.2, 0) is 27.3 Å². The van der Waals surface area contributed by atoms with Gasteiger partial charge in [0.05, 0.1) is 30.7 Å². The number of sulfonamides is 1. The maximum atomic E-state index is 13.3. The number of fused-ring (bicyclic) bond motifs is 2. The van der Waals surface area contributed by atoms with Gasteiger partial charge in [-0.1, -0.05) is 46.5 Å². The summed E-state index contributed by atoms with van der Waals surface area (Å²) in [4.78, 5) is 2.23. The Morgan fingerprint density at radius 2 is 1.76 bits per heavy atom. The maximum absolute atomic E-state index is 13.3. The Labute approximate surface area is 273 Å². The molecule has 0 amide bonds. The van der Waals surface area contributed by atoms with Crippen molar-refractivity contribution in [3.05, 3.63) is 58.7 Å². The standard InChI is InChI=1S/C35H53N3O4SSi2/c1-25(44(5,6)7)43(39,40)37-29-13-15-32-31(22-29)33(42-45(8,9)34(2,3)4)23-35(41-32)16-18-38(19-17-35)30-14-12-27-20-26(24-36)10-11-28(27)21-30/h10-11,13,15,20,22,25,30,33,37H,12,14,16-19,21,23H2,1-9H3/t25?,30-,33-/m1/s1. The molecule has 5 rings (SSSR count). The molecule has 0 aromatic heterocycles. The summed E-state index contributed by atoms with van der Waals surface area (Å²) < 4.78 is 43.6. The zero-order valence-electron chi connectivity index (χ0n) is 28.8. The predicted molar refractivity (Wildman–Crippen MR) is 189 cm³/mol. The molecule has 2 aromatic rings. The van der Waals surface area contributed by atoms with Crippen LogP contribution in [0.25, 0.3) is 0 Å². The molecule has 3 aliphatic rings. The highest BCUT2D eigenvalue weighted by Crippen LogP contribution is 2.50. The lowest BCUT2D eigenvalue weighted by Gasteiger charge is -2.50. The summed E-state index contributed by atoms with van der Waals surface area (Å²) in [6.45, 7) is 21.4. The van der Waals surface area contributed by atoms with Gasteiger partial charge in [0.1, 0.15) is 11.4 Å². The number of nitriles is 1. The molecule has 0 bridgehead atoms. The summed E-state index contributed by atoms with van der Waals surface area (Å²) in [5, 5.41) is 9.34. The van der Waals surface area contributed by atoms with Gasteiger partial charge in [0.25, 0.3) is 0 Å². The number of ether oxygens (including phenoxy) is 1. The first kappa shape index (κ1) is 34.2. The number of likely N-dealkylation sites (tertiary alicyclic amines) is 1. The molecule has 0 radical (unpaired) electrons. The third kappa shape index (κ3) is 7.23. The number of aryl methyl sites for hydroxylation is 1. The van der Waals surface area contributed by atoms with Crippen LogP contribution in [0, 0.1) is 11.3 Å². The molecule has 1 N–H and O–H groups in total. The van der Waals surface area contributed by atoms with Crippen molar-refractivity contribution in [1.29, 1.82) is 5.26 Å². The van der Waals surface area contributed by atoms with Gasteiger partial charge in [-0.3, -0.25) is 9.62 Å². The quantitative estimate of drug-likeness (QED) is 0.303. The second kappa shape index (κ2) is 12.1. The lowest BCUT2D eigenvalue weighted by molar-refractivity contribution is -0.0579. The van der Waals surface area contributed by atoms with Crippen molar-refractivity contribution in [3.8, 4) is 11.8 Å². The molecule has 2 heterocycles. The van der Waals surface area contributed by atoms with E-state index in [1.807, 2.05) is 31.2 Å². The summed E-state index contributed by atoms with van der Waals surface area (Å²) in [7, 11) is -7.59. The zero-order chi connectivity index (χ0) is 33.0. The number of hydrogen-bond acceptors (Lipinski definition) is 6. The SMILES string of the molecule is CC([Si](C)(C)C)S(=O)(=O)Nc1ccc2c(c1)[C@H](O[Si](C)(C)C(C)(C)C)CC1(CCN([C@@H]3CCc4cc(C#N)ccc4C3)CC1)O2. The molecule has 45 heavy (non-hydrogen) atoms. The van der Waals surface area contributed by atoms with Crippen LogP contribution >= 0.6 is 0 Å². The Hall–Kier alpha value is -2.17. The minimum atomic E-state index is -3.52. The van der Waals surface area contributed by atoms with Crippen molar-refractivity contribution in [1.82, 2.24) is 4.90 Å². The monoisotopic (exact) mass is 667 g/mol. The van der Waals surface area contributed by atoms with Crippen LogP contribution in [0.3, 0.4) is 0 Å². The van der Waals surface area contributed by atoms with Crippen LogP contribution in [0.1, 0.15) is 81.7 Å². The topological polar surface area (TPSA) is 91.7 Å². The first-order valence-electron chi connectivity index (χ1n) is 16.6. The number of anilines is 1. The maximum Gasteiger partial charge on any atom is 0.232 e. The smallest absolute Gasteiger partial charge is 0.232 e. The number of hydrogen-bond donors (Lipinski definition) is 1. The van der Waals surface area contributed by atoms with Gasteiger partial charge in [-0.15, -0.1) is 0 Å². The summed E-state index contributed by atoms with van der Waals surface area (Å²) in [5.41, 5.74) is 4.68. The van der Waals surface area contributed by atoms with E-state index in [1.165, 1.54) is 11.1 Å². The Morgan fingerprint density at radius 1 is 1.07 bits per heavy atom. The summed E-state index contributed by atoms with van der Waals surface area (Å²) in [5.74, 6) is 0.819. The molecule has 2 aliphatic heterocycles.